The average Bonchev–Trinajstić information content (AvgIpc) is 2.64. The van der Waals surface area contributed by atoms with Crippen molar-refractivity contribution < 1.29 is 40.0 Å². The average molecular weight is 650 g/mol. The van der Waals surface area contributed by atoms with E-state index in [1.165, 1.54) is 39.3 Å². The zero-order valence-corrected chi connectivity index (χ0v) is 21.1. The SMILES string of the molecule is CN1CCN(C)CCN(C)CC1.F[P-](F)(F)(F)(F)F.N=C1C=CC=CC1=N.[Ru+][I]. The third-order valence-electron chi connectivity index (χ3n) is 3.52. The Morgan fingerprint density at radius 2 is 0.862 bits per heavy atom. The molecule has 1 aliphatic carbocycles. The van der Waals surface area contributed by atoms with Gasteiger partial charge in [-0.2, -0.15) is 0 Å². The van der Waals surface area contributed by atoms with Crippen LogP contribution in [0.2, 0.25) is 0 Å². The van der Waals surface area contributed by atoms with Crippen LogP contribution in [0.25, 0.3) is 0 Å². The summed E-state index contributed by atoms with van der Waals surface area (Å²) in [5.74, 6) is 0. The van der Waals surface area contributed by atoms with Gasteiger partial charge < -0.3 is 14.7 Å². The Labute approximate surface area is 188 Å². The van der Waals surface area contributed by atoms with Gasteiger partial charge in [0.25, 0.3) is 0 Å². The van der Waals surface area contributed by atoms with Gasteiger partial charge in [0.05, 0.1) is 11.4 Å². The van der Waals surface area contributed by atoms with Crippen molar-refractivity contribution in [3.05, 3.63) is 24.3 Å². The van der Waals surface area contributed by atoms with E-state index in [1.807, 2.05) is 0 Å². The normalized spacial score (nSPS) is 21.5. The van der Waals surface area contributed by atoms with Crippen LogP contribution in [0.4, 0.5) is 25.2 Å². The summed E-state index contributed by atoms with van der Waals surface area (Å²) in [7, 11) is -4.05. The second-order valence-electron chi connectivity index (χ2n) is 6.41. The van der Waals surface area contributed by atoms with E-state index in [-0.39, 0.29) is 11.4 Å². The van der Waals surface area contributed by atoms with Crippen molar-refractivity contribution in [3.63, 3.8) is 0 Å². The molecule has 2 N–H and O–H groups in total. The monoisotopic (exact) mass is 651 g/mol. The number of halogens is 7. The first kappa shape index (κ1) is 31.3. The van der Waals surface area contributed by atoms with Crippen LogP contribution in [-0.4, -0.2) is 86.5 Å². The van der Waals surface area contributed by atoms with E-state index in [9.17, 15) is 25.2 Å². The molecule has 174 valence electrons. The molecule has 29 heavy (non-hydrogen) atoms. The summed E-state index contributed by atoms with van der Waals surface area (Å²) in [5, 5.41) is 14.1. The van der Waals surface area contributed by atoms with E-state index in [0.717, 1.165) is 0 Å². The van der Waals surface area contributed by atoms with Crippen molar-refractivity contribution in [1.82, 2.24) is 14.7 Å². The van der Waals surface area contributed by atoms with E-state index in [2.05, 4.69) is 70.4 Å². The van der Waals surface area contributed by atoms with E-state index < -0.39 is 7.81 Å². The Hall–Kier alpha value is 0.0634. The molecular formula is C15H27F6IN5PRu. The Morgan fingerprint density at radius 1 is 0.690 bits per heavy atom. The molecule has 14 heteroatoms. The Morgan fingerprint density at radius 3 is 1.00 bits per heavy atom. The summed E-state index contributed by atoms with van der Waals surface area (Å²) < 4.78 is 59.2. The fourth-order valence-corrected chi connectivity index (χ4v) is 1.84. The first-order valence-electron chi connectivity index (χ1n) is 8.21. The third kappa shape index (κ3) is 28.1. The number of nitrogens with one attached hydrogen (secondary N) is 2. The molecule has 2 rings (SSSR count). The first-order chi connectivity index (χ1) is 12.9. The molecule has 1 heterocycles. The second kappa shape index (κ2) is 12.8. The van der Waals surface area contributed by atoms with E-state index in [1.54, 1.807) is 24.3 Å². The predicted molar refractivity (Wildman–Crippen MR) is 114 cm³/mol. The van der Waals surface area contributed by atoms with Crippen molar-refractivity contribution >= 4 is 39.0 Å². The van der Waals surface area contributed by atoms with Crippen LogP contribution in [0.5, 0.6) is 0 Å². The summed E-state index contributed by atoms with van der Waals surface area (Å²) in [6.07, 6.45) is 6.70. The van der Waals surface area contributed by atoms with Gasteiger partial charge in [-0.1, -0.05) is 12.2 Å². The molecular weight excluding hydrogens is 623 g/mol. The number of allylic oxidation sites excluding steroid dienone is 4. The van der Waals surface area contributed by atoms with Crippen LogP contribution < -0.4 is 0 Å². The van der Waals surface area contributed by atoms with Crippen molar-refractivity contribution in [2.75, 3.05) is 60.4 Å². The maximum absolute atomic E-state index is 10.7. The molecule has 0 spiro atoms. The maximum atomic E-state index is 9.87. The van der Waals surface area contributed by atoms with Gasteiger partial charge in [-0.25, -0.2) is 0 Å². The molecule has 0 radical (unpaired) electrons. The summed E-state index contributed by atoms with van der Waals surface area (Å²) in [4.78, 5) is 7.20. The molecule has 0 aromatic heterocycles. The molecule has 0 amide bonds. The van der Waals surface area contributed by atoms with Gasteiger partial charge in [0, 0.05) is 39.3 Å². The van der Waals surface area contributed by atoms with Crippen molar-refractivity contribution in [2.45, 2.75) is 0 Å². The van der Waals surface area contributed by atoms with Gasteiger partial charge >= 0.3 is 67.5 Å². The number of nitrogens with zero attached hydrogens (tertiary/aromatic N) is 3. The van der Waals surface area contributed by atoms with E-state index in [4.69, 9.17) is 10.8 Å². The molecule has 1 aliphatic heterocycles. The minimum absolute atomic E-state index is 0.285. The summed E-state index contributed by atoms with van der Waals surface area (Å²) >= 11 is 4.40. The number of likely N-dealkylation sites (N-methyl/N-ethyl adjacent to an activating group) is 3. The molecule has 1 saturated heterocycles. The van der Waals surface area contributed by atoms with Crippen molar-refractivity contribution in [3.8, 4) is 0 Å². The van der Waals surface area contributed by atoms with Gasteiger partial charge in [-0.15, -0.1) is 0 Å². The molecule has 2 aliphatic rings. The quantitative estimate of drug-likeness (QED) is 0.125. The van der Waals surface area contributed by atoms with E-state index >= 15 is 0 Å². The van der Waals surface area contributed by atoms with Gasteiger partial charge in [0.2, 0.25) is 0 Å². The summed E-state index contributed by atoms with van der Waals surface area (Å²) in [6.45, 7) is 7.19. The Bertz CT molecular complexity index is 516. The molecule has 0 atom stereocenters. The van der Waals surface area contributed by atoms with Gasteiger partial charge in [0.15, 0.2) is 0 Å². The molecule has 1 fully saturated rings. The van der Waals surface area contributed by atoms with Gasteiger partial charge in [-0.05, 0) is 33.3 Å². The molecule has 0 unspecified atom stereocenters. The summed E-state index contributed by atoms with van der Waals surface area (Å²) in [5.41, 5.74) is 0.569. The summed E-state index contributed by atoms with van der Waals surface area (Å²) in [6, 6.07) is 0. The molecule has 0 saturated carbocycles. The van der Waals surface area contributed by atoms with Crippen LogP contribution in [0, 0.1) is 10.8 Å². The van der Waals surface area contributed by atoms with Gasteiger partial charge in [-0.3, -0.25) is 10.8 Å². The fourth-order valence-electron chi connectivity index (χ4n) is 1.84. The number of hydrogen-bond donors (Lipinski definition) is 2. The predicted octanol–water partition coefficient (Wildman–Crippen LogP) is 5.21. The standard InChI is InChI=1S/C9H21N3.C6H6N2.F6P.HI.Ru/c1-10-4-6-11(2)8-9-12(3)7-5-10;7-5-3-1-2-4-6(5)8;1-7(2,3,4,5)6;;/h4-9H2,1-3H3;1-4,7-8H;;1H;/q;;-1;;+2/p-1. The third-order valence-corrected chi connectivity index (χ3v) is 3.52. The van der Waals surface area contributed by atoms with Crippen LogP contribution in [0.3, 0.4) is 0 Å². The molecule has 0 aromatic rings. The van der Waals surface area contributed by atoms with Crippen LogP contribution >= 0.6 is 27.6 Å². The zero-order chi connectivity index (χ0) is 23.4. The number of rotatable bonds is 0. The molecule has 0 aromatic carbocycles. The van der Waals surface area contributed by atoms with E-state index in [0.29, 0.717) is 0 Å². The topological polar surface area (TPSA) is 57.4 Å². The minimum atomic E-state index is -10.7. The van der Waals surface area contributed by atoms with Gasteiger partial charge in [0.1, 0.15) is 0 Å². The zero-order valence-electron chi connectivity index (χ0n) is 16.3. The second-order valence-corrected chi connectivity index (χ2v) is 8.33. The van der Waals surface area contributed by atoms with Crippen LogP contribution in [0.1, 0.15) is 0 Å². The van der Waals surface area contributed by atoms with Crippen molar-refractivity contribution in [1.29, 1.82) is 10.8 Å². The van der Waals surface area contributed by atoms with Crippen molar-refractivity contribution in [2.24, 2.45) is 0 Å². The first-order valence-corrected chi connectivity index (χ1v) is 15.4. The molecule has 5 nitrogen and oxygen atoms in total. The Balaban J connectivity index is 0. The molecule has 0 bridgehead atoms. The van der Waals surface area contributed by atoms with Crippen LogP contribution in [0.15, 0.2) is 24.3 Å². The Kier molecular flexibility index (Phi) is 13.8. The number of hydrogen-bond acceptors (Lipinski definition) is 5. The van der Waals surface area contributed by atoms with Crippen LogP contribution in [-0.2, 0) is 14.8 Å². The fraction of sp³-hybridized carbons (Fsp3) is 0.600.